The number of nitrogens with zero attached hydrogens (tertiary/aromatic N) is 1. The lowest BCUT2D eigenvalue weighted by molar-refractivity contribution is -0.870. The highest BCUT2D eigenvalue weighted by Gasteiger charge is 2.09. The van der Waals surface area contributed by atoms with Crippen LogP contribution < -0.4 is 17.0 Å². The van der Waals surface area contributed by atoms with Gasteiger partial charge >= 0.3 is 0 Å². The van der Waals surface area contributed by atoms with Gasteiger partial charge < -0.3 is 21.5 Å². The first kappa shape index (κ1) is 15.3. The summed E-state index contributed by atoms with van der Waals surface area (Å²) in [6.07, 6.45) is 1.61. The zero-order chi connectivity index (χ0) is 11.3. The van der Waals surface area contributed by atoms with E-state index in [9.17, 15) is 4.79 Å². The average molecular weight is 286 g/mol. The van der Waals surface area contributed by atoms with Crippen LogP contribution in [0.25, 0.3) is 0 Å². The van der Waals surface area contributed by atoms with Crippen molar-refractivity contribution in [1.82, 2.24) is 0 Å². The molecule has 0 spiro atoms. The maximum atomic E-state index is 11.7. The van der Waals surface area contributed by atoms with Crippen LogP contribution >= 0.6 is 0 Å². The maximum absolute atomic E-state index is 11.7. The lowest BCUT2D eigenvalue weighted by Crippen LogP contribution is -3.00. The van der Waals surface area contributed by atoms with Crippen molar-refractivity contribution in [3.8, 4) is 0 Å². The van der Waals surface area contributed by atoms with E-state index in [1.807, 2.05) is 30.3 Å². The second kappa shape index (κ2) is 6.81. The van der Waals surface area contributed by atoms with Gasteiger partial charge in [0.05, 0.1) is 27.7 Å². The number of hydrogen-bond donors (Lipinski definition) is 0. The van der Waals surface area contributed by atoms with Gasteiger partial charge in [-0.3, -0.25) is 4.79 Å². The van der Waals surface area contributed by atoms with Crippen LogP contribution in [0.5, 0.6) is 0 Å². The van der Waals surface area contributed by atoms with Crippen molar-refractivity contribution < 1.29 is 26.3 Å². The topological polar surface area (TPSA) is 17.1 Å². The van der Waals surface area contributed by atoms with E-state index in [0.717, 1.165) is 23.0 Å². The molecule has 0 radical (unpaired) electrons. The van der Waals surface area contributed by atoms with Crippen molar-refractivity contribution in [2.75, 3.05) is 27.7 Å². The molecule has 0 bridgehead atoms. The summed E-state index contributed by atoms with van der Waals surface area (Å²) in [7, 11) is 6.44. The van der Waals surface area contributed by atoms with Crippen LogP contribution in [0.3, 0.4) is 0 Å². The lowest BCUT2D eigenvalue weighted by Gasteiger charge is -2.23. The predicted octanol–water partition coefficient (Wildman–Crippen LogP) is -0.640. The summed E-state index contributed by atoms with van der Waals surface area (Å²) in [5.41, 5.74) is 0.832. The molecule has 0 saturated carbocycles. The molecule has 1 aromatic carbocycles. The first-order valence-corrected chi connectivity index (χ1v) is 5.38. The van der Waals surface area contributed by atoms with Gasteiger partial charge in [-0.05, 0) is 0 Å². The number of carbonyl (C=O) groups is 1. The Morgan fingerprint density at radius 1 is 1.12 bits per heavy atom. The Labute approximate surface area is 109 Å². The summed E-state index contributed by atoms with van der Waals surface area (Å²) < 4.78 is 0.919. The van der Waals surface area contributed by atoms with Crippen LogP contribution in [0.1, 0.15) is 23.2 Å². The largest absolute Gasteiger partial charge is 1.00 e. The summed E-state index contributed by atoms with van der Waals surface area (Å²) in [4.78, 5) is 11.7. The Hall–Kier alpha value is -0.670. The van der Waals surface area contributed by atoms with Crippen molar-refractivity contribution >= 4 is 5.78 Å². The van der Waals surface area contributed by atoms with E-state index in [2.05, 4.69) is 21.1 Å². The number of quaternary nitrogens is 1. The van der Waals surface area contributed by atoms with E-state index in [0.29, 0.717) is 6.42 Å². The fourth-order valence-electron chi connectivity index (χ4n) is 1.48. The minimum Gasteiger partial charge on any atom is -1.00 e. The molecule has 90 valence electrons. The molecule has 0 aliphatic rings. The Kier molecular flexibility index (Phi) is 6.53. The fraction of sp³-hybridized carbons (Fsp3) is 0.462. The average Bonchev–Trinajstić information content (AvgIpc) is 2.17. The summed E-state index contributed by atoms with van der Waals surface area (Å²) in [5.74, 6) is 0.254. The molecule has 0 amide bonds. The van der Waals surface area contributed by atoms with Gasteiger partial charge in [-0.15, -0.1) is 0 Å². The standard InChI is InChI=1S/C13H20NO.BrH/c1-14(2,3)11-7-10-13(15)12-8-5-4-6-9-12;/h4-6,8-9H,7,10-11H2,1-3H3;1H/q+1;/p-1. The number of Topliss-reactive ketones (excluding diaryl/α,β-unsaturated/α-hetero) is 1. The fourth-order valence-corrected chi connectivity index (χ4v) is 1.48. The Bertz CT molecular complexity index is 316. The Balaban J connectivity index is 0.00000225. The number of carbonyl (C=O) groups excluding carboxylic acids is 1. The molecule has 0 fully saturated rings. The second-order valence-corrected chi connectivity index (χ2v) is 4.91. The molecule has 0 heterocycles. The Morgan fingerprint density at radius 3 is 2.19 bits per heavy atom. The number of benzene rings is 1. The quantitative estimate of drug-likeness (QED) is 0.520. The summed E-state index contributed by atoms with van der Waals surface area (Å²) in [5, 5.41) is 0. The van der Waals surface area contributed by atoms with Crippen molar-refractivity contribution in [2.24, 2.45) is 0 Å². The lowest BCUT2D eigenvalue weighted by atomic mass is 10.1. The van der Waals surface area contributed by atoms with Gasteiger partial charge in [0.2, 0.25) is 0 Å². The van der Waals surface area contributed by atoms with Gasteiger partial charge in [-0.25, -0.2) is 0 Å². The molecule has 0 N–H and O–H groups in total. The third kappa shape index (κ3) is 6.03. The van der Waals surface area contributed by atoms with Crippen LogP contribution in [-0.2, 0) is 0 Å². The van der Waals surface area contributed by atoms with Crippen molar-refractivity contribution in [2.45, 2.75) is 12.8 Å². The normalized spacial score (nSPS) is 10.7. The van der Waals surface area contributed by atoms with Crippen LogP contribution in [0.4, 0.5) is 0 Å². The number of rotatable bonds is 5. The van der Waals surface area contributed by atoms with E-state index in [4.69, 9.17) is 0 Å². The van der Waals surface area contributed by atoms with Crippen molar-refractivity contribution in [1.29, 1.82) is 0 Å². The molecule has 0 unspecified atom stereocenters. The highest BCUT2D eigenvalue weighted by atomic mass is 79.9. The molecule has 1 rings (SSSR count). The number of halogens is 1. The minimum absolute atomic E-state index is 0. The van der Waals surface area contributed by atoms with Crippen molar-refractivity contribution in [3.63, 3.8) is 0 Å². The Morgan fingerprint density at radius 2 is 1.69 bits per heavy atom. The molecule has 0 aromatic heterocycles. The van der Waals surface area contributed by atoms with Gasteiger partial charge in [0.1, 0.15) is 0 Å². The molecule has 0 saturated heterocycles. The third-order valence-corrected chi connectivity index (χ3v) is 2.33. The summed E-state index contributed by atoms with van der Waals surface area (Å²) >= 11 is 0. The molecule has 3 heteroatoms. The smallest absolute Gasteiger partial charge is 0.163 e. The zero-order valence-electron chi connectivity index (χ0n) is 10.2. The first-order chi connectivity index (χ1) is 6.99. The van der Waals surface area contributed by atoms with E-state index in [-0.39, 0.29) is 22.8 Å². The molecule has 0 atom stereocenters. The van der Waals surface area contributed by atoms with Gasteiger partial charge in [-0.2, -0.15) is 0 Å². The molecule has 1 aromatic rings. The number of ketones is 1. The van der Waals surface area contributed by atoms with Crippen LogP contribution in [0.15, 0.2) is 30.3 Å². The molecule has 0 aliphatic carbocycles. The maximum Gasteiger partial charge on any atom is 0.163 e. The van der Waals surface area contributed by atoms with Crippen LogP contribution in [0, 0.1) is 0 Å². The van der Waals surface area contributed by atoms with Crippen LogP contribution in [0.2, 0.25) is 0 Å². The molecular weight excluding hydrogens is 266 g/mol. The highest BCUT2D eigenvalue weighted by molar-refractivity contribution is 5.95. The van der Waals surface area contributed by atoms with Gasteiger partial charge in [0.15, 0.2) is 5.78 Å². The third-order valence-electron chi connectivity index (χ3n) is 2.33. The monoisotopic (exact) mass is 285 g/mol. The highest BCUT2D eigenvalue weighted by Crippen LogP contribution is 2.06. The molecule has 0 aliphatic heterocycles. The molecular formula is C13H20BrNO. The van der Waals surface area contributed by atoms with Crippen LogP contribution in [-0.4, -0.2) is 38.0 Å². The SMILES string of the molecule is C[N+](C)(C)CCCC(=O)c1ccccc1.[Br-]. The van der Waals surface area contributed by atoms with Gasteiger partial charge in [0.25, 0.3) is 0 Å². The number of hydrogen-bond acceptors (Lipinski definition) is 1. The molecule has 2 nitrogen and oxygen atoms in total. The van der Waals surface area contributed by atoms with E-state index in [1.165, 1.54) is 0 Å². The predicted molar refractivity (Wildman–Crippen MR) is 62.9 cm³/mol. The van der Waals surface area contributed by atoms with E-state index in [1.54, 1.807) is 0 Å². The molecule has 16 heavy (non-hydrogen) atoms. The van der Waals surface area contributed by atoms with Gasteiger partial charge in [-0.1, -0.05) is 30.3 Å². The van der Waals surface area contributed by atoms with Gasteiger partial charge in [0, 0.05) is 18.4 Å². The minimum atomic E-state index is 0. The summed E-state index contributed by atoms with van der Waals surface area (Å²) in [6, 6.07) is 9.52. The zero-order valence-corrected chi connectivity index (χ0v) is 11.8. The van der Waals surface area contributed by atoms with Crippen molar-refractivity contribution in [3.05, 3.63) is 35.9 Å². The summed E-state index contributed by atoms with van der Waals surface area (Å²) in [6.45, 7) is 1.04. The first-order valence-electron chi connectivity index (χ1n) is 5.38. The second-order valence-electron chi connectivity index (χ2n) is 4.91. The van der Waals surface area contributed by atoms with E-state index >= 15 is 0 Å². The van der Waals surface area contributed by atoms with E-state index < -0.39 is 0 Å².